The van der Waals surface area contributed by atoms with E-state index in [1.807, 2.05) is 36.4 Å². The smallest absolute Gasteiger partial charge is 0.408 e. The largest absolute Gasteiger partial charge is 0.445 e. The lowest BCUT2D eigenvalue weighted by Gasteiger charge is -2.29. The van der Waals surface area contributed by atoms with Crippen LogP contribution in [0.4, 0.5) is 9.59 Å². The third-order valence-electron chi connectivity index (χ3n) is 3.95. The maximum Gasteiger partial charge on any atom is 0.408 e. The molecule has 3 N–H and O–H groups in total. The fourth-order valence-electron chi connectivity index (χ4n) is 2.66. The first kappa shape index (κ1) is 22.2. The third kappa shape index (κ3) is 7.83. The number of aliphatic hydroxyl groups excluding tert-OH is 1. The standard InChI is InChI=1S/C22H28N2O5/c1-22(2,3)29-21(27)24-19(17-12-8-5-9-13-17)18(14-25)23-20(26)28-15-16-10-6-4-7-11-16/h4-13,18-19,25H,14-15H2,1-3H3,(H,23,26)(H,24,27)/t18-,19+/m0/s1. The van der Waals surface area contributed by atoms with Crippen LogP contribution < -0.4 is 10.6 Å². The second-order valence-electron chi connectivity index (χ2n) is 7.53. The molecule has 29 heavy (non-hydrogen) atoms. The average Bonchev–Trinajstić information content (AvgIpc) is 2.69. The predicted molar refractivity (Wildman–Crippen MR) is 109 cm³/mol. The number of hydrogen-bond donors (Lipinski definition) is 3. The summed E-state index contributed by atoms with van der Waals surface area (Å²) in [5.41, 5.74) is 0.873. The van der Waals surface area contributed by atoms with Gasteiger partial charge in [0.05, 0.1) is 18.7 Å². The number of carbonyl (C=O) groups excluding carboxylic acids is 2. The Morgan fingerprint density at radius 1 is 0.931 bits per heavy atom. The van der Waals surface area contributed by atoms with Crippen molar-refractivity contribution in [3.05, 3.63) is 71.8 Å². The van der Waals surface area contributed by atoms with Crippen molar-refractivity contribution in [2.24, 2.45) is 0 Å². The van der Waals surface area contributed by atoms with Crippen molar-refractivity contribution in [1.82, 2.24) is 10.6 Å². The molecule has 0 aliphatic carbocycles. The fraction of sp³-hybridized carbons (Fsp3) is 0.364. The van der Waals surface area contributed by atoms with Gasteiger partial charge in [0, 0.05) is 0 Å². The Morgan fingerprint density at radius 2 is 1.52 bits per heavy atom. The van der Waals surface area contributed by atoms with Gasteiger partial charge in [0.15, 0.2) is 0 Å². The molecule has 0 aliphatic heterocycles. The average molecular weight is 400 g/mol. The molecule has 7 nitrogen and oxygen atoms in total. The zero-order valence-corrected chi connectivity index (χ0v) is 16.9. The van der Waals surface area contributed by atoms with Crippen LogP contribution in [-0.2, 0) is 16.1 Å². The van der Waals surface area contributed by atoms with E-state index < -0.39 is 36.5 Å². The Kier molecular flexibility index (Phi) is 8.03. The molecule has 2 atom stereocenters. The van der Waals surface area contributed by atoms with Crippen LogP contribution in [0.2, 0.25) is 0 Å². The minimum absolute atomic E-state index is 0.0975. The molecule has 0 radical (unpaired) electrons. The van der Waals surface area contributed by atoms with Crippen LogP contribution >= 0.6 is 0 Å². The second kappa shape index (κ2) is 10.5. The van der Waals surface area contributed by atoms with Crippen molar-refractivity contribution in [3.63, 3.8) is 0 Å². The van der Waals surface area contributed by atoms with E-state index in [4.69, 9.17) is 9.47 Å². The van der Waals surface area contributed by atoms with Crippen LogP contribution in [-0.4, -0.2) is 35.5 Å². The maximum absolute atomic E-state index is 12.3. The Labute approximate surface area is 171 Å². The molecule has 0 fully saturated rings. The Hall–Kier alpha value is -3.06. The topological polar surface area (TPSA) is 96.9 Å². The Balaban J connectivity index is 2.07. The number of rotatable bonds is 7. The quantitative estimate of drug-likeness (QED) is 0.661. The van der Waals surface area contributed by atoms with Gasteiger partial charge in [0.25, 0.3) is 0 Å². The molecular formula is C22H28N2O5. The van der Waals surface area contributed by atoms with Crippen molar-refractivity contribution in [2.75, 3.05) is 6.61 Å². The highest BCUT2D eigenvalue weighted by Crippen LogP contribution is 2.18. The first-order valence-corrected chi connectivity index (χ1v) is 9.41. The number of amides is 2. The van der Waals surface area contributed by atoms with E-state index in [0.717, 1.165) is 5.56 Å². The molecule has 0 saturated heterocycles. The summed E-state index contributed by atoms with van der Waals surface area (Å²) >= 11 is 0. The van der Waals surface area contributed by atoms with Crippen LogP contribution in [0, 0.1) is 0 Å². The molecule has 0 heterocycles. The highest BCUT2D eigenvalue weighted by Gasteiger charge is 2.28. The van der Waals surface area contributed by atoms with Crippen molar-refractivity contribution < 1.29 is 24.2 Å². The van der Waals surface area contributed by atoms with E-state index in [9.17, 15) is 14.7 Å². The van der Waals surface area contributed by atoms with Crippen molar-refractivity contribution in [2.45, 2.75) is 45.1 Å². The summed E-state index contributed by atoms with van der Waals surface area (Å²) in [6, 6.07) is 16.8. The molecule has 2 amide bonds. The summed E-state index contributed by atoms with van der Waals surface area (Å²) in [4.78, 5) is 24.5. The number of aliphatic hydroxyl groups is 1. The highest BCUT2D eigenvalue weighted by molar-refractivity contribution is 5.70. The van der Waals surface area contributed by atoms with Gasteiger partial charge in [-0.2, -0.15) is 0 Å². The molecule has 2 rings (SSSR count). The zero-order chi connectivity index (χ0) is 21.3. The summed E-state index contributed by atoms with van der Waals surface area (Å²) in [5, 5.41) is 15.2. The highest BCUT2D eigenvalue weighted by atomic mass is 16.6. The number of benzene rings is 2. The number of hydrogen-bond acceptors (Lipinski definition) is 5. The molecule has 0 unspecified atom stereocenters. The van der Waals surface area contributed by atoms with Crippen molar-refractivity contribution in [1.29, 1.82) is 0 Å². The molecular weight excluding hydrogens is 372 g/mol. The van der Waals surface area contributed by atoms with Crippen LogP contribution in [0.3, 0.4) is 0 Å². The number of alkyl carbamates (subject to hydrolysis) is 2. The summed E-state index contributed by atoms with van der Waals surface area (Å²) in [6.45, 7) is 4.96. The van der Waals surface area contributed by atoms with E-state index in [2.05, 4.69) is 10.6 Å². The number of carbonyl (C=O) groups is 2. The fourth-order valence-corrected chi connectivity index (χ4v) is 2.66. The van der Waals surface area contributed by atoms with E-state index >= 15 is 0 Å². The first-order chi connectivity index (χ1) is 13.8. The normalized spacial score (nSPS) is 13.1. The van der Waals surface area contributed by atoms with E-state index in [-0.39, 0.29) is 6.61 Å². The van der Waals surface area contributed by atoms with Gasteiger partial charge >= 0.3 is 12.2 Å². The maximum atomic E-state index is 12.3. The van der Waals surface area contributed by atoms with Crippen molar-refractivity contribution in [3.8, 4) is 0 Å². The van der Waals surface area contributed by atoms with Crippen LogP contribution in [0.25, 0.3) is 0 Å². The van der Waals surface area contributed by atoms with Gasteiger partial charge in [-0.15, -0.1) is 0 Å². The summed E-state index contributed by atoms with van der Waals surface area (Å²) in [6.07, 6.45) is -1.34. The minimum atomic E-state index is -0.812. The third-order valence-corrected chi connectivity index (χ3v) is 3.95. The number of ether oxygens (including phenoxy) is 2. The molecule has 0 saturated carbocycles. The molecule has 0 bridgehead atoms. The zero-order valence-electron chi connectivity index (χ0n) is 16.9. The van der Waals surface area contributed by atoms with E-state index in [1.54, 1.807) is 45.0 Å². The molecule has 0 aliphatic rings. The first-order valence-electron chi connectivity index (χ1n) is 9.41. The second-order valence-corrected chi connectivity index (χ2v) is 7.53. The Morgan fingerprint density at radius 3 is 2.07 bits per heavy atom. The van der Waals surface area contributed by atoms with Crippen molar-refractivity contribution >= 4 is 12.2 Å². The minimum Gasteiger partial charge on any atom is -0.445 e. The van der Waals surface area contributed by atoms with Crippen LogP contribution in [0.5, 0.6) is 0 Å². The van der Waals surface area contributed by atoms with Gasteiger partial charge in [0.1, 0.15) is 12.2 Å². The van der Waals surface area contributed by atoms with E-state index in [0.29, 0.717) is 5.56 Å². The molecule has 2 aromatic carbocycles. The lowest BCUT2D eigenvalue weighted by Crippen LogP contribution is -2.49. The van der Waals surface area contributed by atoms with Gasteiger partial charge in [-0.25, -0.2) is 9.59 Å². The monoisotopic (exact) mass is 400 g/mol. The van der Waals surface area contributed by atoms with Gasteiger partial charge in [-0.05, 0) is 31.9 Å². The number of nitrogens with one attached hydrogen (secondary N) is 2. The molecule has 0 spiro atoms. The summed E-state index contributed by atoms with van der Waals surface area (Å²) in [5.74, 6) is 0. The lowest BCUT2D eigenvalue weighted by molar-refractivity contribution is 0.0476. The molecule has 0 aromatic heterocycles. The molecule has 7 heteroatoms. The van der Waals surface area contributed by atoms with E-state index in [1.165, 1.54) is 0 Å². The van der Waals surface area contributed by atoms with Crippen LogP contribution in [0.1, 0.15) is 37.9 Å². The van der Waals surface area contributed by atoms with Gasteiger partial charge in [-0.3, -0.25) is 0 Å². The summed E-state index contributed by atoms with van der Waals surface area (Å²) < 4.78 is 10.5. The summed E-state index contributed by atoms with van der Waals surface area (Å²) in [7, 11) is 0. The van der Waals surface area contributed by atoms with Crippen LogP contribution in [0.15, 0.2) is 60.7 Å². The lowest BCUT2D eigenvalue weighted by atomic mass is 10.00. The van der Waals surface area contributed by atoms with Gasteiger partial charge < -0.3 is 25.2 Å². The van der Waals surface area contributed by atoms with Gasteiger partial charge in [-0.1, -0.05) is 60.7 Å². The molecule has 156 valence electrons. The predicted octanol–water partition coefficient (Wildman–Crippen LogP) is 3.54. The van der Waals surface area contributed by atoms with Gasteiger partial charge in [0.2, 0.25) is 0 Å². The Bertz CT molecular complexity index is 775. The molecule has 2 aromatic rings. The SMILES string of the molecule is CC(C)(C)OC(=O)N[C@H](c1ccccc1)[C@H](CO)NC(=O)OCc1ccccc1.